The average molecular weight is 364 g/mol. The van der Waals surface area contributed by atoms with Gasteiger partial charge in [0.05, 0.1) is 5.25 Å². The van der Waals surface area contributed by atoms with Gasteiger partial charge in [0.2, 0.25) is 0 Å². The average Bonchev–Trinajstić information content (AvgIpc) is 2.28. The molecule has 1 nitrogen and oxygen atoms in total. The Morgan fingerprint density at radius 3 is 2.44 bits per heavy atom. The van der Waals surface area contributed by atoms with Gasteiger partial charge in [-0.2, -0.15) is 11.8 Å². The fourth-order valence-electron chi connectivity index (χ4n) is 1.83. The first kappa shape index (κ1) is 12.7. The monoisotopic (exact) mass is 362 g/mol. The van der Waals surface area contributed by atoms with E-state index in [0.29, 0.717) is 0 Å². The summed E-state index contributed by atoms with van der Waals surface area (Å²) in [6.45, 7) is 0. The number of hydrogen-bond acceptors (Lipinski definition) is 2. The van der Waals surface area contributed by atoms with Crippen LogP contribution in [0.5, 0.6) is 0 Å². The van der Waals surface area contributed by atoms with Gasteiger partial charge in [-0.05, 0) is 36.8 Å². The van der Waals surface area contributed by atoms with Gasteiger partial charge in [0.15, 0.2) is 5.78 Å². The maximum atomic E-state index is 12.2. The van der Waals surface area contributed by atoms with Crippen molar-refractivity contribution in [1.82, 2.24) is 0 Å². The van der Waals surface area contributed by atoms with Crippen LogP contribution in [0.25, 0.3) is 0 Å². The van der Waals surface area contributed by atoms with Gasteiger partial charge in [0.1, 0.15) is 0 Å². The highest BCUT2D eigenvalue weighted by atomic mass is 79.9. The molecule has 0 N–H and O–H groups in total. The summed E-state index contributed by atoms with van der Waals surface area (Å²) >= 11 is 8.63. The quantitative estimate of drug-likeness (QED) is 0.709. The third-order valence-electron chi connectivity index (χ3n) is 2.62. The van der Waals surface area contributed by atoms with Crippen molar-refractivity contribution in [3.05, 3.63) is 32.7 Å². The van der Waals surface area contributed by atoms with Gasteiger partial charge >= 0.3 is 0 Å². The minimum atomic E-state index is 0.162. The molecule has 0 saturated carbocycles. The van der Waals surface area contributed by atoms with Gasteiger partial charge in [0.25, 0.3) is 0 Å². The van der Waals surface area contributed by atoms with E-state index in [-0.39, 0.29) is 11.0 Å². The van der Waals surface area contributed by atoms with E-state index in [1.165, 1.54) is 12.8 Å². The van der Waals surface area contributed by atoms with Crippen molar-refractivity contribution in [3.8, 4) is 0 Å². The standard InChI is InChI=1S/C12H12Br2OS/c13-9-5-8(6-10(14)7-9)12(15)11-3-1-2-4-16-11/h5-7,11H,1-4H2. The first-order valence-electron chi connectivity index (χ1n) is 5.29. The van der Waals surface area contributed by atoms with E-state index in [0.717, 1.165) is 26.7 Å². The number of hydrogen-bond donors (Lipinski definition) is 0. The van der Waals surface area contributed by atoms with Gasteiger partial charge < -0.3 is 0 Å². The second-order valence-electron chi connectivity index (χ2n) is 3.88. The maximum absolute atomic E-state index is 12.2. The van der Waals surface area contributed by atoms with E-state index in [1.54, 1.807) is 11.8 Å². The molecule has 1 aliphatic rings. The van der Waals surface area contributed by atoms with Gasteiger partial charge in [-0.15, -0.1) is 0 Å². The van der Waals surface area contributed by atoms with Gasteiger partial charge in [-0.25, -0.2) is 0 Å². The highest BCUT2D eigenvalue weighted by Crippen LogP contribution is 2.29. The molecule has 1 atom stereocenters. The summed E-state index contributed by atoms with van der Waals surface area (Å²) in [5, 5.41) is 0.162. The Labute approximate surface area is 117 Å². The minimum Gasteiger partial charge on any atom is -0.293 e. The Morgan fingerprint density at radius 2 is 1.88 bits per heavy atom. The Morgan fingerprint density at radius 1 is 1.19 bits per heavy atom. The zero-order valence-corrected chi connectivity index (χ0v) is 12.7. The second-order valence-corrected chi connectivity index (χ2v) is 7.02. The lowest BCUT2D eigenvalue weighted by atomic mass is 10.0. The van der Waals surface area contributed by atoms with Gasteiger partial charge in [0, 0.05) is 14.5 Å². The highest BCUT2D eigenvalue weighted by Gasteiger charge is 2.23. The predicted molar refractivity (Wildman–Crippen MR) is 76.3 cm³/mol. The lowest BCUT2D eigenvalue weighted by Gasteiger charge is -2.20. The molecular weight excluding hydrogens is 352 g/mol. The lowest BCUT2D eigenvalue weighted by Crippen LogP contribution is -2.21. The van der Waals surface area contributed by atoms with Crippen LogP contribution in [0.15, 0.2) is 27.1 Å². The van der Waals surface area contributed by atoms with Crippen molar-refractivity contribution in [1.29, 1.82) is 0 Å². The lowest BCUT2D eigenvalue weighted by molar-refractivity contribution is 0.0984. The molecular formula is C12H12Br2OS. The molecule has 2 rings (SSSR count). The van der Waals surface area contributed by atoms with Crippen LogP contribution in [0.3, 0.4) is 0 Å². The van der Waals surface area contributed by atoms with Gasteiger partial charge in [-0.1, -0.05) is 38.3 Å². The topological polar surface area (TPSA) is 17.1 Å². The van der Waals surface area contributed by atoms with E-state index in [2.05, 4.69) is 31.9 Å². The van der Waals surface area contributed by atoms with E-state index in [4.69, 9.17) is 0 Å². The summed E-state index contributed by atoms with van der Waals surface area (Å²) in [4.78, 5) is 12.2. The summed E-state index contributed by atoms with van der Waals surface area (Å²) in [6.07, 6.45) is 3.45. The first-order chi connectivity index (χ1) is 7.66. The molecule has 1 aromatic rings. The molecule has 0 aliphatic carbocycles. The largest absolute Gasteiger partial charge is 0.293 e. The predicted octanol–water partition coefficient (Wildman–Crippen LogP) is 4.68. The van der Waals surface area contributed by atoms with E-state index in [9.17, 15) is 4.79 Å². The summed E-state index contributed by atoms with van der Waals surface area (Å²) in [5.74, 6) is 1.39. The van der Waals surface area contributed by atoms with Crippen molar-refractivity contribution < 1.29 is 4.79 Å². The third kappa shape index (κ3) is 3.11. The molecule has 4 heteroatoms. The molecule has 0 spiro atoms. The van der Waals surface area contributed by atoms with E-state index >= 15 is 0 Å². The van der Waals surface area contributed by atoms with Crippen molar-refractivity contribution in [2.24, 2.45) is 0 Å². The molecule has 1 aromatic carbocycles. The number of benzene rings is 1. The number of ketones is 1. The fourth-order valence-corrected chi connectivity index (χ4v) is 4.40. The summed E-state index contributed by atoms with van der Waals surface area (Å²) < 4.78 is 1.90. The van der Waals surface area contributed by atoms with Gasteiger partial charge in [-0.3, -0.25) is 4.79 Å². The molecule has 1 saturated heterocycles. The number of halogens is 2. The van der Waals surface area contributed by atoms with E-state index in [1.807, 2.05) is 18.2 Å². The van der Waals surface area contributed by atoms with Crippen LogP contribution in [0, 0.1) is 0 Å². The van der Waals surface area contributed by atoms with E-state index < -0.39 is 0 Å². The molecule has 0 amide bonds. The van der Waals surface area contributed by atoms with Crippen LogP contribution in [-0.2, 0) is 0 Å². The number of carbonyl (C=O) groups is 1. The molecule has 0 bridgehead atoms. The number of carbonyl (C=O) groups excluding carboxylic acids is 1. The van der Waals surface area contributed by atoms with Crippen LogP contribution in [0.4, 0.5) is 0 Å². The fraction of sp³-hybridized carbons (Fsp3) is 0.417. The van der Waals surface area contributed by atoms with Crippen molar-refractivity contribution in [2.45, 2.75) is 24.5 Å². The van der Waals surface area contributed by atoms with Crippen LogP contribution < -0.4 is 0 Å². The summed E-state index contributed by atoms with van der Waals surface area (Å²) in [6, 6.07) is 5.76. The molecule has 16 heavy (non-hydrogen) atoms. The second kappa shape index (κ2) is 5.69. The van der Waals surface area contributed by atoms with Crippen LogP contribution in [-0.4, -0.2) is 16.8 Å². The molecule has 0 aromatic heterocycles. The number of rotatable bonds is 2. The van der Waals surface area contributed by atoms with Crippen LogP contribution in [0.1, 0.15) is 29.6 Å². The van der Waals surface area contributed by atoms with Crippen LogP contribution >= 0.6 is 43.6 Å². The minimum absolute atomic E-state index is 0.162. The Balaban J connectivity index is 2.19. The molecule has 86 valence electrons. The SMILES string of the molecule is O=C(c1cc(Br)cc(Br)c1)C1CCCCS1. The summed E-state index contributed by atoms with van der Waals surface area (Å²) in [5.41, 5.74) is 0.806. The Hall–Kier alpha value is 0.200. The zero-order valence-electron chi connectivity index (χ0n) is 8.71. The summed E-state index contributed by atoms with van der Waals surface area (Å²) in [7, 11) is 0. The smallest absolute Gasteiger partial charge is 0.175 e. The van der Waals surface area contributed by atoms with Crippen molar-refractivity contribution >= 4 is 49.4 Å². The molecule has 0 radical (unpaired) electrons. The first-order valence-corrected chi connectivity index (χ1v) is 7.92. The van der Waals surface area contributed by atoms with Crippen LogP contribution in [0.2, 0.25) is 0 Å². The van der Waals surface area contributed by atoms with Crippen molar-refractivity contribution in [2.75, 3.05) is 5.75 Å². The molecule has 1 aliphatic heterocycles. The number of thioether (sulfide) groups is 1. The normalized spacial score (nSPS) is 20.8. The molecule has 1 fully saturated rings. The third-order valence-corrected chi connectivity index (χ3v) is 4.91. The Bertz CT molecular complexity index is 380. The van der Waals surface area contributed by atoms with Crippen molar-refractivity contribution in [3.63, 3.8) is 0 Å². The molecule has 1 unspecified atom stereocenters. The zero-order chi connectivity index (χ0) is 11.5. The number of Topliss-reactive ketones (excluding diaryl/α,β-unsaturated/α-hetero) is 1. The Kier molecular flexibility index (Phi) is 4.50. The molecule has 1 heterocycles. The highest BCUT2D eigenvalue weighted by molar-refractivity contribution is 9.11. The maximum Gasteiger partial charge on any atom is 0.175 e.